The van der Waals surface area contributed by atoms with Gasteiger partial charge in [-0.3, -0.25) is 4.79 Å². The Kier molecular flexibility index (Phi) is 3.78. The van der Waals surface area contributed by atoms with Crippen LogP contribution in [-0.4, -0.2) is 28.7 Å². The minimum atomic E-state index is -0.289. The molecule has 1 aliphatic carbocycles. The Hall–Kier alpha value is -1.19. The molecule has 0 aromatic carbocycles. The van der Waals surface area contributed by atoms with Gasteiger partial charge >= 0.3 is 0 Å². The van der Waals surface area contributed by atoms with Crippen LogP contribution < -0.4 is 0 Å². The molecule has 3 unspecified atom stereocenters. The molecular formula is C17H24O3. The topological polar surface area (TPSA) is 49.8 Å². The van der Waals surface area contributed by atoms with Crippen LogP contribution in [0.5, 0.6) is 0 Å². The monoisotopic (exact) mass is 276 g/mol. The highest BCUT2D eigenvalue weighted by molar-refractivity contribution is 5.65. The smallest absolute Gasteiger partial charge is 0.142 e. The minimum Gasteiger partial charge on any atom is -0.393 e. The summed E-state index contributed by atoms with van der Waals surface area (Å²) in [5, 5.41) is 9.98. The van der Waals surface area contributed by atoms with Crippen molar-refractivity contribution in [2.24, 2.45) is 5.41 Å². The molecule has 3 atom stereocenters. The third-order valence-electron chi connectivity index (χ3n) is 4.64. The molecule has 3 nitrogen and oxygen atoms in total. The summed E-state index contributed by atoms with van der Waals surface area (Å²) >= 11 is 0. The van der Waals surface area contributed by atoms with Gasteiger partial charge in [-0.1, -0.05) is 37.6 Å². The van der Waals surface area contributed by atoms with E-state index in [2.05, 4.69) is 26.8 Å². The molecule has 1 N–H and O–H groups in total. The van der Waals surface area contributed by atoms with Crippen LogP contribution in [0.1, 0.15) is 40.5 Å². The predicted molar refractivity (Wildman–Crippen MR) is 79.3 cm³/mol. The Morgan fingerprint density at radius 1 is 1.25 bits per heavy atom. The van der Waals surface area contributed by atoms with Crippen molar-refractivity contribution in [3.05, 3.63) is 36.0 Å². The van der Waals surface area contributed by atoms with E-state index in [0.717, 1.165) is 18.3 Å². The van der Waals surface area contributed by atoms with Gasteiger partial charge in [0.2, 0.25) is 0 Å². The number of rotatable bonds is 4. The molecule has 1 saturated heterocycles. The fourth-order valence-electron chi connectivity index (χ4n) is 3.63. The summed E-state index contributed by atoms with van der Waals surface area (Å²) in [5.74, 6) is 0. The van der Waals surface area contributed by atoms with Crippen molar-refractivity contribution in [3.63, 3.8) is 0 Å². The summed E-state index contributed by atoms with van der Waals surface area (Å²) in [6.07, 6.45) is 11.2. The molecule has 0 radical (unpaired) electrons. The fraction of sp³-hybridized carbons (Fsp3) is 0.588. The maximum absolute atomic E-state index is 10.2. The number of carbonyl (C=O) groups is 1. The third-order valence-corrected chi connectivity index (χ3v) is 4.64. The summed E-state index contributed by atoms with van der Waals surface area (Å²) in [5.41, 5.74) is 0.429. The van der Waals surface area contributed by atoms with Gasteiger partial charge in [0.25, 0.3) is 0 Å². The highest BCUT2D eigenvalue weighted by Gasteiger charge is 2.74. The fourth-order valence-corrected chi connectivity index (χ4v) is 3.63. The van der Waals surface area contributed by atoms with Gasteiger partial charge < -0.3 is 9.84 Å². The molecule has 110 valence electrons. The third kappa shape index (κ3) is 2.40. The number of carbonyl (C=O) groups excluding carboxylic acids is 1. The minimum absolute atomic E-state index is 0.0885. The lowest BCUT2D eigenvalue weighted by Crippen LogP contribution is -2.46. The second-order valence-corrected chi connectivity index (χ2v) is 6.78. The van der Waals surface area contributed by atoms with E-state index in [1.807, 2.05) is 19.1 Å². The molecule has 1 aliphatic heterocycles. The van der Waals surface area contributed by atoms with Crippen LogP contribution in [0.4, 0.5) is 0 Å². The molecule has 2 rings (SSSR count). The van der Waals surface area contributed by atoms with Crippen molar-refractivity contribution < 1.29 is 14.6 Å². The Morgan fingerprint density at radius 2 is 1.95 bits per heavy atom. The molecule has 0 spiro atoms. The summed E-state index contributed by atoms with van der Waals surface area (Å²) in [4.78, 5) is 10.2. The van der Waals surface area contributed by atoms with Crippen molar-refractivity contribution in [1.29, 1.82) is 0 Å². The number of epoxide rings is 1. The van der Waals surface area contributed by atoms with Crippen LogP contribution in [0.2, 0.25) is 0 Å². The second-order valence-electron chi connectivity index (χ2n) is 6.78. The highest BCUT2D eigenvalue weighted by atomic mass is 16.6. The first kappa shape index (κ1) is 15.2. The van der Waals surface area contributed by atoms with E-state index in [-0.39, 0.29) is 22.7 Å². The first-order valence-corrected chi connectivity index (χ1v) is 7.13. The van der Waals surface area contributed by atoms with Gasteiger partial charge in [-0.15, -0.1) is 0 Å². The molecule has 3 heteroatoms. The SMILES string of the molecule is CC(/C=C/C12OC1(C)CC(O)CC2(C)C)=C\C=C\C=O. The van der Waals surface area contributed by atoms with Gasteiger partial charge in [0, 0.05) is 11.8 Å². The second kappa shape index (κ2) is 4.97. The molecule has 2 aliphatic rings. The lowest BCUT2D eigenvalue weighted by Gasteiger charge is -2.39. The van der Waals surface area contributed by atoms with Crippen LogP contribution in [-0.2, 0) is 9.53 Å². The van der Waals surface area contributed by atoms with E-state index >= 15 is 0 Å². The maximum atomic E-state index is 10.2. The molecule has 0 bridgehead atoms. The zero-order chi connectivity index (χ0) is 15.0. The van der Waals surface area contributed by atoms with Crippen molar-refractivity contribution in [3.8, 4) is 0 Å². The molecule has 0 aromatic rings. The Balaban J connectivity index is 2.18. The average Bonchev–Trinajstić information content (AvgIpc) is 2.93. The number of fused-ring (bicyclic) bond motifs is 1. The summed E-state index contributed by atoms with van der Waals surface area (Å²) in [6, 6.07) is 0. The van der Waals surface area contributed by atoms with Gasteiger partial charge in [-0.05, 0) is 32.4 Å². The van der Waals surface area contributed by atoms with Crippen molar-refractivity contribution in [2.75, 3.05) is 0 Å². The van der Waals surface area contributed by atoms with Crippen molar-refractivity contribution >= 4 is 6.29 Å². The Morgan fingerprint density at radius 3 is 2.55 bits per heavy atom. The van der Waals surface area contributed by atoms with Crippen molar-refractivity contribution in [1.82, 2.24) is 0 Å². The van der Waals surface area contributed by atoms with Crippen molar-refractivity contribution in [2.45, 2.75) is 57.8 Å². The number of aliphatic hydroxyl groups excluding tert-OH is 1. The van der Waals surface area contributed by atoms with Gasteiger partial charge in [0.1, 0.15) is 17.5 Å². The molecule has 2 fully saturated rings. The number of ether oxygens (including phenoxy) is 1. The molecule has 1 saturated carbocycles. The Labute approximate surface area is 121 Å². The lowest BCUT2D eigenvalue weighted by atomic mass is 9.63. The summed E-state index contributed by atoms with van der Waals surface area (Å²) in [7, 11) is 0. The Bertz CT molecular complexity index is 486. The summed E-state index contributed by atoms with van der Waals surface area (Å²) in [6.45, 7) is 8.37. The molecule has 0 aromatic heterocycles. The number of hydrogen-bond acceptors (Lipinski definition) is 3. The van der Waals surface area contributed by atoms with E-state index in [1.54, 1.807) is 6.08 Å². The number of aldehydes is 1. The van der Waals surface area contributed by atoms with E-state index < -0.39 is 0 Å². The van der Waals surface area contributed by atoms with Gasteiger partial charge in [-0.2, -0.15) is 0 Å². The van der Waals surface area contributed by atoms with E-state index in [4.69, 9.17) is 4.74 Å². The first-order chi connectivity index (χ1) is 9.26. The van der Waals surface area contributed by atoms with Gasteiger partial charge in [-0.25, -0.2) is 0 Å². The van der Waals surface area contributed by atoms with Gasteiger partial charge in [0.05, 0.1) is 6.10 Å². The normalized spacial score (nSPS) is 40.0. The largest absolute Gasteiger partial charge is 0.393 e. The van der Waals surface area contributed by atoms with Crippen LogP contribution in [0.15, 0.2) is 36.0 Å². The predicted octanol–water partition coefficient (Wildman–Crippen LogP) is 2.95. The zero-order valence-electron chi connectivity index (χ0n) is 12.7. The van der Waals surface area contributed by atoms with Gasteiger partial charge in [0.15, 0.2) is 0 Å². The van der Waals surface area contributed by atoms with E-state index in [9.17, 15) is 9.90 Å². The lowest BCUT2D eigenvalue weighted by molar-refractivity contribution is -0.104. The van der Waals surface area contributed by atoms with Crippen LogP contribution in [0.25, 0.3) is 0 Å². The number of hydrogen-bond donors (Lipinski definition) is 1. The van der Waals surface area contributed by atoms with Crippen LogP contribution in [0, 0.1) is 5.41 Å². The van der Waals surface area contributed by atoms with E-state index in [0.29, 0.717) is 6.42 Å². The van der Waals surface area contributed by atoms with Crippen LogP contribution in [0.3, 0.4) is 0 Å². The summed E-state index contributed by atoms with van der Waals surface area (Å²) < 4.78 is 6.07. The standard InChI is InChI=1S/C17H24O3/c1-13(7-5-6-10-18)8-9-17-15(2,3)11-14(19)12-16(17,4)20-17/h5-10,14,19H,11-12H2,1-4H3/b6-5+,9-8+,13-7+. The highest BCUT2D eigenvalue weighted by Crippen LogP contribution is 2.66. The number of allylic oxidation sites excluding steroid dienone is 5. The quantitative estimate of drug-likeness (QED) is 0.372. The molecule has 1 heterocycles. The zero-order valence-corrected chi connectivity index (χ0v) is 12.7. The molecular weight excluding hydrogens is 252 g/mol. The first-order valence-electron chi connectivity index (χ1n) is 7.13. The van der Waals surface area contributed by atoms with Crippen LogP contribution >= 0.6 is 0 Å². The molecule has 0 amide bonds. The molecule has 20 heavy (non-hydrogen) atoms. The average molecular weight is 276 g/mol. The number of aliphatic hydroxyl groups is 1. The maximum Gasteiger partial charge on any atom is 0.142 e. The van der Waals surface area contributed by atoms with E-state index in [1.165, 1.54) is 6.08 Å².